The van der Waals surface area contributed by atoms with Gasteiger partial charge in [0.25, 0.3) is 5.91 Å². The molecule has 1 unspecified atom stereocenters. The highest BCUT2D eigenvalue weighted by atomic mass is 19.3. The molecular formula is C16H18F2N4O2. The number of aromatic nitrogens is 3. The topological polar surface area (TPSA) is 80.0 Å². The second-order valence-corrected chi connectivity index (χ2v) is 6.09. The highest BCUT2D eigenvalue weighted by Gasteiger charge is 2.61. The summed E-state index contributed by atoms with van der Waals surface area (Å²) in [4.78, 5) is 11.9. The highest BCUT2D eigenvalue weighted by Crippen LogP contribution is 2.44. The van der Waals surface area contributed by atoms with Crippen molar-refractivity contribution in [3.8, 4) is 5.69 Å². The number of aliphatic hydroxyl groups is 1. The minimum atomic E-state index is -3.79. The lowest BCUT2D eigenvalue weighted by Crippen LogP contribution is -2.60. The molecular weight excluding hydrogens is 318 g/mol. The number of amides is 1. The van der Waals surface area contributed by atoms with Crippen LogP contribution >= 0.6 is 0 Å². The maximum Gasteiger partial charge on any atom is 0.352 e. The van der Waals surface area contributed by atoms with Gasteiger partial charge in [-0.05, 0) is 43.9 Å². The number of alkyl halides is 2. The fourth-order valence-electron chi connectivity index (χ4n) is 2.67. The van der Waals surface area contributed by atoms with Crippen LogP contribution in [0.4, 0.5) is 8.78 Å². The van der Waals surface area contributed by atoms with Gasteiger partial charge in [-0.1, -0.05) is 17.3 Å². The van der Waals surface area contributed by atoms with Crippen molar-refractivity contribution < 1.29 is 18.7 Å². The number of carbonyl (C=O) groups excluding carboxylic acids is 1. The van der Waals surface area contributed by atoms with E-state index in [9.17, 15) is 18.7 Å². The van der Waals surface area contributed by atoms with Crippen molar-refractivity contribution in [1.82, 2.24) is 20.3 Å². The van der Waals surface area contributed by atoms with Gasteiger partial charge < -0.3 is 10.4 Å². The van der Waals surface area contributed by atoms with E-state index in [0.717, 1.165) is 5.69 Å². The molecule has 1 atom stereocenters. The number of rotatable bonds is 5. The van der Waals surface area contributed by atoms with Gasteiger partial charge in [-0.3, -0.25) is 4.79 Å². The highest BCUT2D eigenvalue weighted by molar-refractivity contribution is 5.85. The van der Waals surface area contributed by atoms with E-state index < -0.39 is 23.5 Å². The predicted molar refractivity (Wildman–Crippen MR) is 81.7 cm³/mol. The molecule has 6 nitrogen and oxygen atoms in total. The predicted octanol–water partition coefficient (Wildman–Crippen LogP) is 1.99. The van der Waals surface area contributed by atoms with Gasteiger partial charge in [0.1, 0.15) is 5.60 Å². The van der Waals surface area contributed by atoms with E-state index in [4.69, 9.17) is 0 Å². The zero-order valence-electron chi connectivity index (χ0n) is 13.1. The second kappa shape index (κ2) is 5.94. The van der Waals surface area contributed by atoms with Gasteiger partial charge in [-0.25, -0.2) is 4.68 Å². The quantitative estimate of drug-likeness (QED) is 0.875. The molecule has 24 heavy (non-hydrogen) atoms. The van der Waals surface area contributed by atoms with Crippen molar-refractivity contribution in [3.63, 3.8) is 0 Å². The fourth-order valence-corrected chi connectivity index (χ4v) is 2.67. The monoisotopic (exact) mass is 336 g/mol. The number of halogens is 2. The Labute approximate surface area is 137 Å². The molecule has 1 fully saturated rings. The Bertz CT molecular complexity index is 712. The van der Waals surface area contributed by atoms with Crippen molar-refractivity contribution in [3.05, 3.63) is 42.2 Å². The molecule has 0 saturated heterocycles. The van der Waals surface area contributed by atoms with E-state index in [1.54, 1.807) is 48.3 Å². The average Bonchev–Trinajstić information content (AvgIpc) is 3.06. The third-order valence-electron chi connectivity index (χ3n) is 4.48. The van der Waals surface area contributed by atoms with E-state index >= 15 is 0 Å². The first-order valence-electron chi connectivity index (χ1n) is 7.71. The molecule has 2 aromatic rings. The van der Waals surface area contributed by atoms with Crippen LogP contribution in [0, 0.1) is 0 Å². The van der Waals surface area contributed by atoms with Crippen LogP contribution < -0.4 is 5.32 Å². The molecule has 1 saturated carbocycles. The Hall–Kier alpha value is -2.35. The number of carbonyl (C=O) groups is 1. The fraction of sp³-hybridized carbons (Fsp3) is 0.438. The summed E-state index contributed by atoms with van der Waals surface area (Å²) in [5, 5.41) is 19.7. The average molecular weight is 336 g/mol. The smallest absolute Gasteiger partial charge is 0.352 e. The zero-order chi connectivity index (χ0) is 17.4. The third-order valence-corrected chi connectivity index (χ3v) is 4.48. The van der Waals surface area contributed by atoms with Crippen LogP contribution in [-0.4, -0.2) is 37.5 Å². The molecule has 2 N–H and O–H groups in total. The van der Waals surface area contributed by atoms with Gasteiger partial charge in [0.15, 0.2) is 0 Å². The number of hydrogen-bond donors (Lipinski definition) is 2. The molecule has 3 rings (SSSR count). The van der Waals surface area contributed by atoms with Gasteiger partial charge in [0.05, 0.1) is 24.1 Å². The molecule has 1 amide bonds. The molecule has 1 aliphatic rings. The molecule has 0 aliphatic heterocycles. The van der Waals surface area contributed by atoms with Crippen LogP contribution in [0.3, 0.4) is 0 Å². The first-order chi connectivity index (χ1) is 11.3. The van der Waals surface area contributed by atoms with E-state index in [1.165, 1.54) is 0 Å². The summed E-state index contributed by atoms with van der Waals surface area (Å²) < 4.78 is 29.7. The Kier molecular flexibility index (Phi) is 4.08. The number of nitrogens with zero attached hydrogens (tertiary/aromatic N) is 3. The Balaban J connectivity index is 1.68. The Morgan fingerprint density at radius 2 is 2.04 bits per heavy atom. The van der Waals surface area contributed by atoms with Crippen molar-refractivity contribution in [2.75, 3.05) is 0 Å². The molecule has 0 radical (unpaired) electrons. The number of hydrogen-bond acceptors (Lipinski definition) is 4. The maximum atomic E-state index is 14.1. The zero-order valence-corrected chi connectivity index (χ0v) is 13.1. The number of nitrogens with one attached hydrogen (secondary N) is 1. The molecule has 0 bridgehead atoms. The molecule has 1 aromatic carbocycles. The van der Waals surface area contributed by atoms with Crippen LogP contribution in [0.25, 0.3) is 5.69 Å². The van der Waals surface area contributed by atoms with Gasteiger partial charge in [-0.2, -0.15) is 8.78 Å². The van der Waals surface area contributed by atoms with E-state index in [-0.39, 0.29) is 12.8 Å². The largest absolute Gasteiger partial charge is 0.383 e. The van der Waals surface area contributed by atoms with Crippen LogP contribution in [-0.2, 0) is 4.79 Å². The first kappa shape index (κ1) is 16.5. The van der Waals surface area contributed by atoms with Crippen molar-refractivity contribution >= 4 is 5.91 Å². The van der Waals surface area contributed by atoms with Crippen LogP contribution in [0.1, 0.15) is 37.8 Å². The summed E-state index contributed by atoms with van der Waals surface area (Å²) in [5.41, 5.74) is -0.777. The minimum Gasteiger partial charge on any atom is -0.383 e. The molecule has 0 spiro atoms. The molecule has 1 aromatic heterocycles. The lowest BCUT2D eigenvalue weighted by atomic mass is 9.75. The van der Waals surface area contributed by atoms with Crippen LogP contribution in [0.2, 0.25) is 0 Å². The molecule has 8 heteroatoms. The molecule has 1 aliphatic carbocycles. The van der Waals surface area contributed by atoms with E-state index in [1.807, 2.05) is 0 Å². The van der Waals surface area contributed by atoms with E-state index in [2.05, 4.69) is 15.6 Å². The summed E-state index contributed by atoms with van der Waals surface area (Å²) >= 11 is 0. The first-order valence-corrected chi connectivity index (χ1v) is 7.71. The van der Waals surface area contributed by atoms with E-state index in [0.29, 0.717) is 12.0 Å². The van der Waals surface area contributed by atoms with Crippen LogP contribution in [0.5, 0.6) is 0 Å². The Morgan fingerprint density at radius 1 is 1.38 bits per heavy atom. The Morgan fingerprint density at radius 3 is 2.54 bits per heavy atom. The SMILES string of the molecule is CC(NC(=O)C(F)(F)C1(O)CCC1)c1ccc(-n2ccnn2)cc1. The molecule has 1 heterocycles. The van der Waals surface area contributed by atoms with Gasteiger partial charge in [0, 0.05) is 0 Å². The van der Waals surface area contributed by atoms with Crippen molar-refractivity contribution in [2.45, 2.75) is 43.8 Å². The maximum absolute atomic E-state index is 14.1. The van der Waals surface area contributed by atoms with Crippen LogP contribution in [0.15, 0.2) is 36.7 Å². The number of benzene rings is 1. The lowest BCUT2D eigenvalue weighted by Gasteiger charge is -2.41. The van der Waals surface area contributed by atoms with Gasteiger partial charge >= 0.3 is 5.92 Å². The normalized spacial score (nSPS) is 17.8. The molecule has 128 valence electrons. The van der Waals surface area contributed by atoms with Gasteiger partial charge in [-0.15, -0.1) is 5.10 Å². The summed E-state index contributed by atoms with van der Waals surface area (Å²) in [5.74, 6) is -5.24. The standard InChI is InChI=1S/C16H18F2N4O2/c1-11(20-14(23)16(17,18)15(24)7-2-8-15)12-3-5-13(6-4-12)22-10-9-19-21-22/h3-6,9-11,24H,2,7-8H2,1H3,(H,20,23). The third kappa shape index (κ3) is 2.77. The van der Waals surface area contributed by atoms with Crippen molar-refractivity contribution in [2.24, 2.45) is 0 Å². The van der Waals surface area contributed by atoms with Crippen molar-refractivity contribution in [1.29, 1.82) is 0 Å². The summed E-state index contributed by atoms with van der Waals surface area (Å²) in [6, 6.07) is 6.34. The minimum absolute atomic E-state index is 0.0611. The summed E-state index contributed by atoms with van der Waals surface area (Å²) in [7, 11) is 0. The van der Waals surface area contributed by atoms with Gasteiger partial charge in [0.2, 0.25) is 0 Å². The second-order valence-electron chi connectivity index (χ2n) is 6.09. The summed E-state index contributed by atoms with van der Waals surface area (Å²) in [6.07, 6.45) is 3.60. The lowest BCUT2D eigenvalue weighted by molar-refractivity contribution is -0.216. The summed E-state index contributed by atoms with van der Waals surface area (Å²) in [6.45, 7) is 1.61.